The first kappa shape index (κ1) is 12.4. The predicted octanol–water partition coefficient (Wildman–Crippen LogP) is 3.57. The summed E-state index contributed by atoms with van der Waals surface area (Å²) in [4.78, 5) is 5.38. The standard InChI is InChI=1S/C12H11ClN4OS/c1-7-9(13)6-17(15-7)8(2)12-14-11(16-18-12)10-4-3-5-19-10/h3-6,8H,1-2H3. The largest absolute Gasteiger partial charge is 0.337 e. The molecule has 19 heavy (non-hydrogen) atoms. The molecule has 0 bridgehead atoms. The third kappa shape index (κ3) is 2.29. The van der Waals surface area contributed by atoms with Crippen molar-refractivity contribution < 1.29 is 4.52 Å². The minimum Gasteiger partial charge on any atom is -0.337 e. The van der Waals surface area contributed by atoms with Crippen LogP contribution in [0.25, 0.3) is 10.7 Å². The topological polar surface area (TPSA) is 56.7 Å². The maximum atomic E-state index is 6.00. The molecule has 3 aromatic rings. The lowest BCUT2D eigenvalue weighted by Gasteiger charge is -2.05. The normalized spacial score (nSPS) is 12.8. The predicted molar refractivity (Wildman–Crippen MR) is 73.4 cm³/mol. The molecular formula is C12H11ClN4OS. The van der Waals surface area contributed by atoms with Crippen molar-refractivity contribution in [3.8, 4) is 10.7 Å². The maximum absolute atomic E-state index is 6.00. The summed E-state index contributed by atoms with van der Waals surface area (Å²) in [6, 6.07) is 3.77. The number of nitrogens with zero attached hydrogens (tertiary/aromatic N) is 4. The molecule has 0 saturated heterocycles. The molecule has 0 fully saturated rings. The van der Waals surface area contributed by atoms with Gasteiger partial charge >= 0.3 is 0 Å². The highest BCUT2D eigenvalue weighted by molar-refractivity contribution is 7.13. The lowest BCUT2D eigenvalue weighted by molar-refractivity contribution is 0.336. The Hall–Kier alpha value is -1.66. The molecule has 3 aromatic heterocycles. The van der Waals surface area contributed by atoms with Gasteiger partial charge in [0.1, 0.15) is 6.04 Å². The first-order valence-corrected chi connectivity index (χ1v) is 6.99. The van der Waals surface area contributed by atoms with E-state index in [0.29, 0.717) is 16.7 Å². The lowest BCUT2D eigenvalue weighted by Crippen LogP contribution is -2.07. The summed E-state index contributed by atoms with van der Waals surface area (Å²) < 4.78 is 7.02. The Morgan fingerprint density at radius 1 is 1.47 bits per heavy atom. The average Bonchev–Trinajstić information content (AvgIpc) is 3.09. The van der Waals surface area contributed by atoms with E-state index in [4.69, 9.17) is 16.1 Å². The molecule has 0 saturated carbocycles. The molecule has 1 unspecified atom stereocenters. The van der Waals surface area contributed by atoms with Crippen LogP contribution in [0.3, 0.4) is 0 Å². The van der Waals surface area contributed by atoms with Gasteiger partial charge in [-0.25, -0.2) is 0 Å². The van der Waals surface area contributed by atoms with Gasteiger partial charge in [-0.2, -0.15) is 10.1 Å². The van der Waals surface area contributed by atoms with Gasteiger partial charge in [0.05, 0.1) is 15.6 Å². The molecule has 0 aliphatic carbocycles. The Morgan fingerprint density at radius 2 is 2.32 bits per heavy atom. The van der Waals surface area contributed by atoms with E-state index in [1.54, 1.807) is 22.2 Å². The SMILES string of the molecule is Cc1nn(C(C)c2nc(-c3cccs3)no2)cc1Cl. The monoisotopic (exact) mass is 294 g/mol. The van der Waals surface area contributed by atoms with Gasteiger partial charge in [-0.15, -0.1) is 11.3 Å². The zero-order valence-corrected chi connectivity index (χ0v) is 11.9. The highest BCUT2D eigenvalue weighted by Gasteiger charge is 2.18. The molecule has 0 N–H and O–H groups in total. The van der Waals surface area contributed by atoms with Crippen molar-refractivity contribution in [2.24, 2.45) is 0 Å². The minimum absolute atomic E-state index is 0.146. The molecule has 98 valence electrons. The third-order valence-electron chi connectivity index (χ3n) is 2.79. The lowest BCUT2D eigenvalue weighted by atomic mass is 10.3. The van der Waals surface area contributed by atoms with Crippen molar-refractivity contribution in [1.82, 2.24) is 19.9 Å². The summed E-state index contributed by atoms with van der Waals surface area (Å²) >= 11 is 7.57. The number of hydrogen-bond acceptors (Lipinski definition) is 5. The van der Waals surface area contributed by atoms with E-state index in [1.807, 2.05) is 31.4 Å². The second-order valence-corrected chi connectivity index (χ2v) is 5.51. The van der Waals surface area contributed by atoms with Gasteiger partial charge in [-0.05, 0) is 25.3 Å². The maximum Gasteiger partial charge on any atom is 0.251 e. The molecule has 1 atom stereocenters. The van der Waals surface area contributed by atoms with Crippen LogP contribution in [0.2, 0.25) is 5.02 Å². The van der Waals surface area contributed by atoms with Crippen LogP contribution in [0.5, 0.6) is 0 Å². The van der Waals surface area contributed by atoms with Crippen molar-refractivity contribution in [3.05, 3.63) is 40.3 Å². The van der Waals surface area contributed by atoms with E-state index in [9.17, 15) is 0 Å². The molecule has 0 amide bonds. The second kappa shape index (κ2) is 4.79. The molecule has 0 aromatic carbocycles. The van der Waals surface area contributed by atoms with E-state index < -0.39 is 0 Å². The van der Waals surface area contributed by atoms with E-state index in [2.05, 4.69) is 15.2 Å². The summed E-state index contributed by atoms with van der Waals surface area (Å²) in [5, 5.41) is 10.9. The first-order chi connectivity index (χ1) is 9.15. The molecule has 7 heteroatoms. The van der Waals surface area contributed by atoms with Gasteiger partial charge in [0.2, 0.25) is 5.82 Å². The third-order valence-corrected chi connectivity index (χ3v) is 4.03. The van der Waals surface area contributed by atoms with Gasteiger partial charge in [-0.1, -0.05) is 22.8 Å². The van der Waals surface area contributed by atoms with Crippen molar-refractivity contribution in [2.45, 2.75) is 19.9 Å². The van der Waals surface area contributed by atoms with Crippen LogP contribution in [0.4, 0.5) is 0 Å². The van der Waals surface area contributed by atoms with E-state index in [-0.39, 0.29) is 6.04 Å². The number of halogens is 1. The van der Waals surface area contributed by atoms with Gasteiger partial charge < -0.3 is 4.52 Å². The highest BCUT2D eigenvalue weighted by Crippen LogP contribution is 2.25. The summed E-state index contributed by atoms with van der Waals surface area (Å²) in [6.07, 6.45) is 1.76. The second-order valence-electron chi connectivity index (χ2n) is 4.15. The van der Waals surface area contributed by atoms with E-state index in [1.165, 1.54) is 0 Å². The quantitative estimate of drug-likeness (QED) is 0.741. The summed E-state index contributed by atoms with van der Waals surface area (Å²) in [5.41, 5.74) is 0.784. The zero-order valence-electron chi connectivity index (χ0n) is 10.4. The molecule has 3 heterocycles. The number of aromatic nitrogens is 4. The number of hydrogen-bond donors (Lipinski definition) is 0. The van der Waals surface area contributed by atoms with Gasteiger partial charge in [0.25, 0.3) is 5.89 Å². The van der Waals surface area contributed by atoms with E-state index in [0.717, 1.165) is 10.6 Å². The first-order valence-electron chi connectivity index (χ1n) is 5.74. The van der Waals surface area contributed by atoms with Crippen LogP contribution in [-0.4, -0.2) is 19.9 Å². The Morgan fingerprint density at radius 3 is 2.95 bits per heavy atom. The van der Waals surface area contributed by atoms with Crippen LogP contribution < -0.4 is 0 Å². The Labute approximate surface area is 118 Å². The molecule has 0 radical (unpaired) electrons. The minimum atomic E-state index is -0.146. The van der Waals surface area contributed by atoms with Crippen LogP contribution in [0.15, 0.2) is 28.2 Å². The smallest absolute Gasteiger partial charge is 0.251 e. The summed E-state index contributed by atoms with van der Waals surface area (Å²) in [7, 11) is 0. The highest BCUT2D eigenvalue weighted by atomic mass is 35.5. The van der Waals surface area contributed by atoms with Crippen LogP contribution in [0.1, 0.15) is 24.6 Å². The molecule has 0 aliphatic rings. The Kier molecular flexibility index (Phi) is 3.12. The molecule has 3 rings (SSSR count). The van der Waals surface area contributed by atoms with Gasteiger partial charge in [0.15, 0.2) is 0 Å². The summed E-state index contributed by atoms with van der Waals surface area (Å²) in [5.74, 6) is 1.12. The van der Waals surface area contributed by atoms with Gasteiger partial charge in [-0.3, -0.25) is 4.68 Å². The molecule has 5 nitrogen and oxygen atoms in total. The Balaban J connectivity index is 1.90. The fourth-order valence-corrected chi connectivity index (χ4v) is 2.47. The van der Waals surface area contributed by atoms with Crippen molar-refractivity contribution in [2.75, 3.05) is 0 Å². The number of rotatable bonds is 3. The van der Waals surface area contributed by atoms with Crippen molar-refractivity contribution >= 4 is 22.9 Å². The average molecular weight is 295 g/mol. The van der Waals surface area contributed by atoms with Crippen molar-refractivity contribution in [3.63, 3.8) is 0 Å². The number of thiophene rings is 1. The zero-order chi connectivity index (χ0) is 13.4. The van der Waals surface area contributed by atoms with E-state index >= 15 is 0 Å². The van der Waals surface area contributed by atoms with Crippen LogP contribution in [-0.2, 0) is 0 Å². The van der Waals surface area contributed by atoms with Gasteiger partial charge in [0, 0.05) is 6.20 Å². The fraction of sp³-hybridized carbons (Fsp3) is 0.250. The van der Waals surface area contributed by atoms with Crippen LogP contribution >= 0.6 is 22.9 Å². The molecule has 0 spiro atoms. The Bertz CT molecular complexity index is 669. The molecule has 0 aliphatic heterocycles. The van der Waals surface area contributed by atoms with Crippen LogP contribution in [0, 0.1) is 6.92 Å². The van der Waals surface area contributed by atoms with Crippen molar-refractivity contribution in [1.29, 1.82) is 0 Å². The summed E-state index contributed by atoms with van der Waals surface area (Å²) in [6.45, 7) is 3.80. The number of aryl methyl sites for hydroxylation is 1. The fourth-order valence-electron chi connectivity index (χ4n) is 1.68. The molecular weight excluding hydrogens is 284 g/mol.